The van der Waals surface area contributed by atoms with Crippen molar-refractivity contribution in [1.82, 2.24) is 0 Å². The van der Waals surface area contributed by atoms with Gasteiger partial charge in [0.15, 0.2) is 0 Å². The first-order valence-electron chi connectivity index (χ1n) is 13.6. The van der Waals surface area contributed by atoms with Crippen LogP contribution in [-0.4, -0.2) is 61.3 Å². The van der Waals surface area contributed by atoms with Crippen LogP contribution in [0.15, 0.2) is 45.7 Å². The Labute approximate surface area is 297 Å². The summed E-state index contributed by atoms with van der Waals surface area (Å²) in [4.78, 5) is 23.8. The van der Waals surface area contributed by atoms with Crippen LogP contribution in [0.4, 0.5) is 17.6 Å². The van der Waals surface area contributed by atoms with Crippen molar-refractivity contribution >= 4 is 89.4 Å². The first kappa shape index (κ1) is 41.8. The Hall–Kier alpha value is -3.20. The van der Waals surface area contributed by atoms with E-state index in [0.29, 0.717) is 18.3 Å². The molecule has 10 nitrogen and oxygen atoms in total. The topological polar surface area (TPSA) is 147 Å². The molecule has 0 aliphatic rings. The van der Waals surface area contributed by atoms with E-state index >= 15 is 0 Å². The molecule has 47 heavy (non-hydrogen) atoms. The number of hydrogen-bond donors (Lipinski definition) is 3. The minimum Gasteiger partial charge on any atom is -0.506 e. The maximum atomic E-state index is 14.1. The summed E-state index contributed by atoms with van der Waals surface area (Å²) in [6, 6.07) is 3.33. The monoisotopic (exact) mass is 908 g/mol. The number of oxime groups is 2. The van der Waals surface area contributed by atoms with Gasteiger partial charge < -0.3 is 29.4 Å². The minimum absolute atomic E-state index is 0.0122. The van der Waals surface area contributed by atoms with Gasteiger partial charge in [0.1, 0.15) is 45.9 Å². The average molecular weight is 908 g/mol. The van der Waals surface area contributed by atoms with E-state index in [1.165, 1.54) is 6.92 Å². The molecule has 0 saturated heterocycles. The highest BCUT2D eigenvalue weighted by molar-refractivity contribution is 14.1. The first-order valence-corrected chi connectivity index (χ1v) is 18.7. The first-order chi connectivity index (χ1) is 21.7. The lowest BCUT2D eigenvalue weighted by Gasteiger charge is -2.33. The molecule has 258 valence electrons. The second-order valence-corrected chi connectivity index (χ2v) is 17.8. The Morgan fingerprint density at radius 3 is 1.51 bits per heavy atom. The maximum absolute atomic E-state index is 14.1. The van der Waals surface area contributed by atoms with Crippen LogP contribution in [0.5, 0.6) is 0 Å². The third-order valence-electron chi connectivity index (χ3n) is 6.49. The number of nitrogens with zero attached hydrogens (tertiary/aromatic N) is 2. The van der Waals surface area contributed by atoms with Crippen LogP contribution in [0.25, 0.3) is 11.5 Å². The highest BCUT2D eigenvalue weighted by Crippen LogP contribution is 2.36. The molecule has 0 spiro atoms. The number of aliphatic hydroxyl groups is 2. The Balaban J connectivity index is 0.000000491. The van der Waals surface area contributed by atoms with Crippen LogP contribution in [0, 0.1) is 30.4 Å². The van der Waals surface area contributed by atoms with Gasteiger partial charge in [0.2, 0.25) is 0 Å². The van der Waals surface area contributed by atoms with E-state index in [2.05, 4.69) is 15.0 Å². The summed E-state index contributed by atoms with van der Waals surface area (Å²) in [5, 5.41) is 35.2. The lowest BCUT2D eigenvalue weighted by molar-refractivity contribution is -0.138. The number of rotatable bonds is 10. The average Bonchev–Trinajstić information content (AvgIpc) is 2.97. The number of halogens is 6. The number of aliphatic hydroxyl groups excluding tert-OH is 2. The van der Waals surface area contributed by atoms with Gasteiger partial charge in [-0.1, -0.05) is 25.9 Å². The summed E-state index contributed by atoms with van der Waals surface area (Å²) in [6.45, 7) is 13.2. The van der Waals surface area contributed by atoms with Crippen LogP contribution < -0.4 is 0 Å². The number of benzene rings is 2. The Kier molecular flexibility index (Phi) is 16.3. The van der Waals surface area contributed by atoms with Gasteiger partial charge in [-0.3, -0.25) is 0 Å². The van der Waals surface area contributed by atoms with Crippen molar-refractivity contribution in [3.05, 3.63) is 76.9 Å². The highest BCUT2D eigenvalue weighted by atomic mass is 127. The second-order valence-electron chi connectivity index (χ2n) is 10.8. The zero-order valence-electron chi connectivity index (χ0n) is 26.4. The van der Waals surface area contributed by atoms with E-state index < -0.39 is 66.2 Å². The molecule has 0 fully saturated rings. The lowest BCUT2D eigenvalue weighted by atomic mass is 10.1. The van der Waals surface area contributed by atoms with E-state index in [9.17, 15) is 37.4 Å². The van der Waals surface area contributed by atoms with Crippen molar-refractivity contribution in [2.75, 3.05) is 13.2 Å². The van der Waals surface area contributed by atoms with E-state index in [0.717, 1.165) is 18.3 Å². The van der Waals surface area contributed by atoms with Gasteiger partial charge in [-0.05, 0) is 89.3 Å². The molecule has 0 aliphatic carbocycles. The van der Waals surface area contributed by atoms with Crippen molar-refractivity contribution in [3.8, 4) is 0 Å². The molecule has 0 radical (unpaired) electrons. The summed E-state index contributed by atoms with van der Waals surface area (Å²) < 4.78 is 69.6. The molecule has 0 bridgehead atoms. The van der Waals surface area contributed by atoms with E-state index in [1.54, 1.807) is 52.1 Å². The van der Waals surface area contributed by atoms with Gasteiger partial charge in [0, 0.05) is 19.3 Å². The van der Waals surface area contributed by atoms with Crippen LogP contribution >= 0.6 is 45.2 Å². The SMILES string of the molecule is CCOC(=O)C(C=NO)=C(O)c1cc(I)c(F)cc1F.CCOC(=O)C(C=NO[Si](C)(C)C(C)(C)C)=C(O)c1cc(I)c(F)cc1F. The van der Waals surface area contributed by atoms with Crippen molar-refractivity contribution < 1.29 is 56.6 Å². The zero-order chi connectivity index (χ0) is 36.3. The summed E-state index contributed by atoms with van der Waals surface area (Å²) in [5.41, 5.74) is -1.66. The van der Waals surface area contributed by atoms with Crippen molar-refractivity contribution in [2.24, 2.45) is 10.3 Å². The molecule has 0 heterocycles. The summed E-state index contributed by atoms with van der Waals surface area (Å²) in [5.74, 6) is -7.04. The number of ether oxygens (including phenoxy) is 2. The second kappa shape index (κ2) is 18.4. The highest BCUT2D eigenvalue weighted by Gasteiger charge is 2.39. The summed E-state index contributed by atoms with van der Waals surface area (Å²) in [7, 11) is -2.25. The molecule has 0 atom stereocenters. The van der Waals surface area contributed by atoms with Gasteiger partial charge in [-0.15, -0.1) is 5.16 Å². The molecule has 0 amide bonds. The standard InChI is InChI=1S/C18H24F2INO4Si.C12H10F2INO4/c1-7-25-17(24)12(10-22-26-27(5,6)18(2,3)4)16(23)11-8-15(21)14(20)9-13(11)19;1-2-20-12(18)7(5-16-19)11(17)6-3-10(15)9(14)4-8(6)13/h8-10,23H,7H2,1-6H3;3-5,17,19H,2H2,1H3. The van der Waals surface area contributed by atoms with Gasteiger partial charge >= 0.3 is 11.9 Å². The van der Waals surface area contributed by atoms with Gasteiger partial charge in [-0.25, -0.2) is 27.2 Å². The Bertz CT molecular complexity index is 1590. The van der Waals surface area contributed by atoms with Crippen molar-refractivity contribution in [3.63, 3.8) is 0 Å². The Morgan fingerprint density at radius 2 is 1.17 bits per heavy atom. The predicted molar refractivity (Wildman–Crippen MR) is 188 cm³/mol. The van der Waals surface area contributed by atoms with E-state index in [4.69, 9.17) is 14.5 Å². The number of carbonyl (C=O) groups is 2. The van der Waals surface area contributed by atoms with Gasteiger partial charge in [-0.2, -0.15) is 0 Å². The van der Waals surface area contributed by atoms with E-state index in [-0.39, 0.29) is 36.5 Å². The minimum atomic E-state index is -2.25. The lowest BCUT2D eigenvalue weighted by Crippen LogP contribution is -2.39. The van der Waals surface area contributed by atoms with Gasteiger partial charge in [0.25, 0.3) is 8.32 Å². The Morgan fingerprint density at radius 1 is 0.787 bits per heavy atom. The third kappa shape index (κ3) is 11.8. The third-order valence-corrected chi connectivity index (χ3v) is 12.3. The molecule has 3 N–H and O–H groups in total. The molecular weight excluding hydrogens is 874 g/mol. The largest absolute Gasteiger partial charge is 0.506 e. The van der Waals surface area contributed by atoms with E-state index in [1.807, 2.05) is 33.9 Å². The molecular formula is C30H34F4I2N2O8Si. The quantitative estimate of drug-likeness (QED) is 0.0206. The molecule has 2 aromatic rings. The molecule has 0 unspecified atom stereocenters. The van der Waals surface area contributed by atoms with Crippen LogP contribution in [-0.2, 0) is 23.6 Å². The molecule has 17 heteroatoms. The summed E-state index contributed by atoms with van der Waals surface area (Å²) in [6.07, 6.45) is 1.62. The predicted octanol–water partition coefficient (Wildman–Crippen LogP) is 8.27. The number of carbonyl (C=O) groups excluding carboxylic acids is 2. The summed E-state index contributed by atoms with van der Waals surface area (Å²) >= 11 is 3.27. The van der Waals surface area contributed by atoms with Gasteiger partial charge in [0.05, 0.1) is 36.8 Å². The smallest absolute Gasteiger partial charge is 0.343 e. The van der Waals surface area contributed by atoms with Crippen LogP contribution in [0.1, 0.15) is 45.7 Å². The maximum Gasteiger partial charge on any atom is 0.343 e. The van der Waals surface area contributed by atoms with Crippen molar-refractivity contribution in [1.29, 1.82) is 0 Å². The van der Waals surface area contributed by atoms with Crippen LogP contribution in [0.2, 0.25) is 18.1 Å². The fraction of sp³-hybridized carbons (Fsp3) is 0.333. The fourth-order valence-electron chi connectivity index (χ4n) is 2.94. The normalized spacial score (nSPS) is 13.0. The van der Waals surface area contributed by atoms with Crippen molar-refractivity contribution in [2.45, 2.75) is 52.8 Å². The van der Waals surface area contributed by atoms with Crippen LogP contribution in [0.3, 0.4) is 0 Å². The molecule has 2 rings (SSSR count). The zero-order valence-corrected chi connectivity index (χ0v) is 31.7. The molecule has 2 aromatic carbocycles. The molecule has 0 aromatic heterocycles. The number of hydrogen-bond acceptors (Lipinski definition) is 10. The fourth-order valence-corrected chi connectivity index (χ4v) is 4.47. The molecule has 0 aliphatic heterocycles. The number of esters is 2. The molecule has 0 saturated carbocycles.